The summed E-state index contributed by atoms with van der Waals surface area (Å²) < 4.78 is 39.4. The van der Waals surface area contributed by atoms with Crippen LogP contribution in [0.25, 0.3) is 0 Å². The number of nitrogens with one attached hydrogen (secondary N) is 1. The topological polar surface area (TPSA) is 110 Å². The highest BCUT2D eigenvalue weighted by Crippen LogP contribution is 2.30. The zero-order valence-corrected chi connectivity index (χ0v) is 17.4. The van der Waals surface area contributed by atoms with Crippen LogP contribution in [0.2, 0.25) is 0 Å². The number of amides is 1. The van der Waals surface area contributed by atoms with Crippen LogP contribution in [0.1, 0.15) is 28.2 Å². The Morgan fingerprint density at radius 2 is 2.16 bits per heavy atom. The number of fused-ring (bicyclic) bond motifs is 1. The largest absolute Gasteiger partial charge is 0.490 e. The average molecular weight is 461 g/mol. The van der Waals surface area contributed by atoms with Crippen LogP contribution in [-0.4, -0.2) is 74.2 Å². The lowest BCUT2D eigenvalue weighted by Gasteiger charge is -2.32. The van der Waals surface area contributed by atoms with Gasteiger partial charge < -0.3 is 15.2 Å². The summed E-state index contributed by atoms with van der Waals surface area (Å²) in [4.78, 5) is 28.2. The predicted octanol–water partition coefficient (Wildman–Crippen LogP) is 1.67. The molecule has 0 radical (unpaired) electrons. The molecule has 13 heteroatoms. The van der Waals surface area contributed by atoms with E-state index in [0.717, 1.165) is 37.5 Å². The van der Waals surface area contributed by atoms with Crippen LogP contribution in [0.4, 0.5) is 13.2 Å². The van der Waals surface area contributed by atoms with Gasteiger partial charge in [0.1, 0.15) is 5.01 Å². The number of aryl methyl sites for hydroxylation is 1. The molecule has 0 bridgehead atoms. The van der Waals surface area contributed by atoms with E-state index in [1.807, 2.05) is 18.6 Å². The number of hydrogen-bond acceptors (Lipinski definition) is 7. The fourth-order valence-electron chi connectivity index (χ4n) is 3.66. The maximum Gasteiger partial charge on any atom is 0.490 e. The second kappa shape index (κ2) is 9.75. The first-order chi connectivity index (χ1) is 14.6. The molecule has 2 aromatic rings. The molecule has 1 amide bonds. The quantitative estimate of drug-likeness (QED) is 0.713. The summed E-state index contributed by atoms with van der Waals surface area (Å²) in [5, 5.41) is 17.4. The molecule has 0 aromatic carbocycles. The Kier molecular flexibility index (Phi) is 7.28. The Labute approximate surface area is 179 Å². The van der Waals surface area contributed by atoms with Gasteiger partial charge in [-0.2, -0.15) is 18.3 Å². The van der Waals surface area contributed by atoms with E-state index < -0.39 is 12.1 Å². The van der Waals surface area contributed by atoms with E-state index in [-0.39, 0.29) is 18.1 Å². The number of nitrogens with zero attached hydrogens (tertiary/aromatic N) is 4. The highest BCUT2D eigenvalue weighted by molar-refractivity contribution is 7.09. The van der Waals surface area contributed by atoms with Gasteiger partial charge in [-0.15, -0.1) is 11.3 Å². The van der Waals surface area contributed by atoms with Gasteiger partial charge in [0.2, 0.25) is 0 Å². The molecule has 4 heterocycles. The first-order valence-corrected chi connectivity index (χ1v) is 10.4. The van der Waals surface area contributed by atoms with E-state index >= 15 is 0 Å². The van der Waals surface area contributed by atoms with Gasteiger partial charge in [-0.1, -0.05) is 0 Å². The van der Waals surface area contributed by atoms with Crippen LogP contribution in [0, 0.1) is 0 Å². The van der Waals surface area contributed by atoms with E-state index in [0.29, 0.717) is 11.6 Å². The smallest absolute Gasteiger partial charge is 0.475 e. The number of carboxylic acids is 1. The summed E-state index contributed by atoms with van der Waals surface area (Å²) in [5.41, 5.74) is 0.586. The monoisotopic (exact) mass is 461 g/mol. The van der Waals surface area contributed by atoms with Crippen molar-refractivity contribution in [3.8, 4) is 0 Å². The van der Waals surface area contributed by atoms with Gasteiger partial charge in [-0.3, -0.25) is 14.4 Å². The minimum Gasteiger partial charge on any atom is -0.475 e. The van der Waals surface area contributed by atoms with Crippen LogP contribution < -0.4 is 5.32 Å². The van der Waals surface area contributed by atoms with E-state index in [9.17, 15) is 18.0 Å². The lowest BCUT2D eigenvalue weighted by molar-refractivity contribution is -0.192. The molecule has 2 aliphatic rings. The number of thiazole rings is 1. The second-order valence-electron chi connectivity index (χ2n) is 7.19. The third-order valence-corrected chi connectivity index (χ3v) is 5.74. The number of ether oxygens (including phenoxy) is 1. The Bertz CT molecular complexity index is 889. The van der Waals surface area contributed by atoms with E-state index in [4.69, 9.17) is 14.6 Å². The van der Waals surface area contributed by atoms with Gasteiger partial charge in [-0.25, -0.2) is 9.78 Å². The van der Waals surface area contributed by atoms with Gasteiger partial charge in [-0.05, 0) is 12.8 Å². The number of likely N-dealkylation sites (tertiary alicyclic amines) is 1. The summed E-state index contributed by atoms with van der Waals surface area (Å²) in [5.74, 6) is -2.84. The number of alkyl halides is 3. The molecule has 2 fully saturated rings. The Balaban J connectivity index is 0.000000339. The maximum atomic E-state index is 12.5. The molecule has 0 aliphatic carbocycles. The van der Waals surface area contributed by atoms with Crippen LogP contribution in [0.5, 0.6) is 0 Å². The van der Waals surface area contributed by atoms with Gasteiger partial charge in [0.05, 0.1) is 30.5 Å². The maximum absolute atomic E-state index is 12.5. The van der Waals surface area contributed by atoms with Gasteiger partial charge in [0, 0.05) is 44.0 Å². The lowest BCUT2D eigenvalue weighted by Crippen LogP contribution is -2.47. The number of aromatic nitrogens is 3. The van der Waals surface area contributed by atoms with Crippen molar-refractivity contribution in [1.82, 2.24) is 25.0 Å². The summed E-state index contributed by atoms with van der Waals surface area (Å²) in [7, 11) is 1.81. The summed E-state index contributed by atoms with van der Waals surface area (Å²) in [6.07, 6.45) is 2.31. The highest BCUT2D eigenvalue weighted by Gasteiger charge is 2.44. The van der Waals surface area contributed by atoms with Crippen LogP contribution in [0.15, 0.2) is 24.0 Å². The lowest BCUT2D eigenvalue weighted by atomic mass is 10.0. The molecule has 2 aromatic heterocycles. The molecule has 0 unspecified atom stereocenters. The molecule has 170 valence electrons. The summed E-state index contributed by atoms with van der Waals surface area (Å²) in [6.45, 7) is 2.38. The standard InChI is InChI=1S/C16H21N5O2S.C2HF3O2/c1-20-8-11(7-18-20)16(22)19-12-9-21(10-14-17-4-6-24-14)13-3-2-5-23-15(12)13;3-2(4,5)1(6)7/h4,6-8,12-13,15H,2-3,5,9-10H2,1H3,(H,19,22);(H,6,7)/t12-,13+,15+;/m0./s1. The van der Waals surface area contributed by atoms with Crippen LogP contribution >= 0.6 is 11.3 Å². The molecule has 0 saturated carbocycles. The average Bonchev–Trinajstić information content (AvgIpc) is 3.44. The van der Waals surface area contributed by atoms with Gasteiger partial charge in [0.15, 0.2) is 0 Å². The Hall–Kier alpha value is -2.51. The van der Waals surface area contributed by atoms with Crippen molar-refractivity contribution in [2.75, 3.05) is 13.2 Å². The zero-order valence-electron chi connectivity index (χ0n) is 16.6. The number of carbonyl (C=O) groups is 2. The first-order valence-electron chi connectivity index (χ1n) is 9.49. The number of halogens is 3. The molecular formula is C18H22F3N5O4S. The second-order valence-corrected chi connectivity index (χ2v) is 8.16. The molecule has 3 atom stereocenters. The van der Waals surface area contributed by atoms with Crippen molar-refractivity contribution in [1.29, 1.82) is 0 Å². The molecule has 2 saturated heterocycles. The minimum atomic E-state index is -5.08. The predicted molar refractivity (Wildman–Crippen MR) is 103 cm³/mol. The molecule has 9 nitrogen and oxygen atoms in total. The molecule has 2 aliphatic heterocycles. The van der Waals surface area contributed by atoms with Gasteiger partial charge in [0.25, 0.3) is 5.91 Å². The number of hydrogen-bond donors (Lipinski definition) is 2. The van der Waals surface area contributed by atoms with Gasteiger partial charge >= 0.3 is 12.1 Å². The van der Waals surface area contributed by atoms with Crippen LogP contribution in [-0.2, 0) is 23.1 Å². The fraction of sp³-hybridized carbons (Fsp3) is 0.556. The van der Waals surface area contributed by atoms with E-state index in [1.165, 1.54) is 0 Å². The number of carboxylic acid groups (broad SMARTS) is 1. The highest BCUT2D eigenvalue weighted by atomic mass is 32.1. The minimum absolute atomic E-state index is 0.00275. The SMILES string of the molecule is Cn1cc(C(=O)N[C@H]2CN(Cc3nccs3)[C@@H]3CCCO[C@H]23)cn1.O=C(O)C(F)(F)F. The molecule has 0 spiro atoms. The van der Waals surface area contributed by atoms with Crippen molar-refractivity contribution in [2.24, 2.45) is 7.05 Å². The number of carbonyl (C=O) groups excluding carboxylic acids is 1. The van der Waals surface area contributed by atoms with E-state index in [1.54, 1.807) is 28.4 Å². The van der Waals surface area contributed by atoms with E-state index in [2.05, 4.69) is 20.3 Å². The molecule has 4 rings (SSSR count). The molecule has 2 N–H and O–H groups in total. The van der Waals surface area contributed by atoms with Crippen molar-refractivity contribution in [2.45, 2.75) is 43.8 Å². The van der Waals surface area contributed by atoms with Crippen molar-refractivity contribution >= 4 is 23.2 Å². The Morgan fingerprint density at radius 1 is 1.42 bits per heavy atom. The van der Waals surface area contributed by atoms with Crippen molar-refractivity contribution in [3.05, 3.63) is 34.5 Å². The molecular weight excluding hydrogens is 439 g/mol. The number of aliphatic carboxylic acids is 1. The fourth-order valence-corrected chi connectivity index (χ4v) is 4.30. The third-order valence-electron chi connectivity index (χ3n) is 4.98. The normalized spacial score (nSPS) is 23.5. The zero-order chi connectivity index (χ0) is 22.6. The third kappa shape index (κ3) is 6.02. The number of rotatable bonds is 4. The van der Waals surface area contributed by atoms with Crippen molar-refractivity contribution in [3.63, 3.8) is 0 Å². The summed E-state index contributed by atoms with van der Waals surface area (Å²) in [6, 6.07) is 0.352. The first kappa shape index (κ1) is 23.2. The molecule has 31 heavy (non-hydrogen) atoms. The van der Waals surface area contributed by atoms with Crippen molar-refractivity contribution < 1.29 is 32.6 Å². The van der Waals surface area contributed by atoms with Crippen LogP contribution in [0.3, 0.4) is 0 Å². The Morgan fingerprint density at radius 3 is 2.74 bits per heavy atom. The summed E-state index contributed by atoms with van der Waals surface area (Å²) >= 11 is 1.67.